The van der Waals surface area contributed by atoms with Crippen LogP contribution in [-0.4, -0.2) is 35.0 Å². The minimum Gasteiger partial charge on any atom is -0.310 e. The Labute approximate surface area is 134 Å². The Morgan fingerprint density at radius 1 is 1.40 bits per heavy atom. The molecular weight excluding hydrogens is 332 g/mol. The van der Waals surface area contributed by atoms with Gasteiger partial charge in [-0.25, -0.2) is 0 Å². The molecule has 1 aliphatic heterocycles. The van der Waals surface area contributed by atoms with E-state index in [2.05, 4.69) is 63.0 Å². The van der Waals surface area contributed by atoms with Gasteiger partial charge in [0.1, 0.15) is 0 Å². The minimum atomic E-state index is 0.768. The SMILES string of the molecule is CC1CN(Cc2ccc(CNC3CC3)cc2Br)CCS1. The van der Waals surface area contributed by atoms with Crippen LogP contribution in [0.3, 0.4) is 0 Å². The second-order valence-electron chi connectivity index (χ2n) is 6.00. The number of thioether (sulfide) groups is 1. The molecule has 1 aliphatic carbocycles. The molecule has 2 fully saturated rings. The van der Waals surface area contributed by atoms with Crippen molar-refractivity contribution in [2.45, 2.75) is 44.1 Å². The van der Waals surface area contributed by atoms with Gasteiger partial charge in [-0.3, -0.25) is 4.90 Å². The van der Waals surface area contributed by atoms with Gasteiger partial charge in [0, 0.05) is 47.7 Å². The maximum absolute atomic E-state index is 3.75. The molecule has 1 aromatic rings. The van der Waals surface area contributed by atoms with Gasteiger partial charge in [0.2, 0.25) is 0 Å². The van der Waals surface area contributed by atoms with Crippen molar-refractivity contribution >= 4 is 27.7 Å². The third-order valence-corrected chi connectivity index (χ3v) is 5.88. The molecular formula is C16H23BrN2S. The van der Waals surface area contributed by atoms with Crippen molar-refractivity contribution in [1.29, 1.82) is 0 Å². The largest absolute Gasteiger partial charge is 0.310 e. The molecule has 1 saturated heterocycles. The van der Waals surface area contributed by atoms with Gasteiger partial charge in [-0.05, 0) is 30.0 Å². The Morgan fingerprint density at radius 3 is 2.95 bits per heavy atom. The van der Waals surface area contributed by atoms with E-state index in [0.29, 0.717) is 0 Å². The lowest BCUT2D eigenvalue weighted by Gasteiger charge is -2.30. The molecule has 1 unspecified atom stereocenters. The van der Waals surface area contributed by atoms with Crippen LogP contribution in [0.5, 0.6) is 0 Å². The maximum Gasteiger partial charge on any atom is 0.0245 e. The zero-order valence-electron chi connectivity index (χ0n) is 12.1. The van der Waals surface area contributed by atoms with Crippen LogP contribution in [0.4, 0.5) is 0 Å². The molecule has 0 radical (unpaired) electrons. The summed E-state index contributed by atoms with van der Waals surface area (Å²) in [5.41, 5.74) is 2.80. The average Bonchev–Trinajstić information content (AvgIpc) is 3.23. The van der Waals surface area contributed by atoms with Crippen molar-refractivity contribution in [1.82, 2.24) is 10.2 Å². The molecule has 4 heteroatoms. The molecule has 0 amide bonds. The molecule has 1 aromatic carbocycles. The number of nitrogens with one attached hydrogen (secondary N) is 1. The lowest BCUT2D eigenvalue weighted by molar-refractivity contribution is 0.278. The van der Waals surface area contributed by atoms with E-state index in [1.807, 2.05) is 0 Å². The maximum atomic E-state index is 3.75. The van der Waals surface area contributed by atoms with E-state index in [4.69, 9.17) is 0 Å². The fraction of sp³-hybridized carbons (Fsp3) is 0.625. The van der Waals surface area contributed by atoms with Gasteiger partial charge in [-0.15, -0.1) is 0 Å². The third-order valence-electron chi connectivity index (χ3n) is 4.01. The first-order valence-electron chi connectivity index (χ1n) is 7.55. The Balaban J connectivity index is 1.58. The molecule has 110 valence electrons. The lowest BCUT2D eigenvalue weighted by atomic mass is 10.1. The van der Waals surface area contributed by atoms with Crippen LogP contribution in [0, 0.1) is 0 Å². The van der Waals surface area contributed by atoms with E-state index in [0.717, 1.165) is 24.4 Å². The Morgan fingerprint density at radius 2 is 2.25 bits per heavy atom. The fourth-order valence-corrected chi connectivity index (χ4v) is 4.29. The van der Waals surface area contributed by atoms with E-state index in [-0.39, 0.29) is 0 Å². The quantitative estimate of drug-likeness (QED) is 0.868. The van der Waals surface area contributed by atoms with Crippen molar-refractivity contribution in [2.75, 3.05) is 18.8 Å². The number of nitrogens with zero attached hydrogens (tertiary/aromatic N) is 1. The highest BCUT2D eigenvalue weighted by Gasteiger charge is 2.20. The van der Waals surface area contributed by atoms with Gasteiger partial charge in [-0.1, -0.05) is 35.0 Å². The van der Waals surface area contributed by atoms with Crippen LogP contribution in [0.2, 0.25) is 0 Å². The normalized spacial score (nSPS) is 24.0. The molecule has 1 N–H and O–H groups in total. The first-order valence-corrected chi connectivity index (χ1v) is 9.39. The van der Waals surface area contributed by atoms with Crippen LogP contribution < -0.4 is 5.32 Å². The Hall–Kier alpha value is -0.0300. The van der Waals surface area contributed by atoms with Gasteiger partial charge in [-0.2, -0.15) is 11.8 Å². The highest BCUT2D eigenvalue weighted by molar-refractivity contribution is 9.10. The van der Waals surface area contributed by atoms with Crippen molar-refractivity contribution in [2.24, 2.45) is 0 Å². The van der Waals surface area contributed by atoms with Crippen molar-refractivity contribution < 1.29 is 0 Å². The first kappa shape index (κ1) is 14.9. The predicted molar refractivity (Wildman–Crippen MR) is 91.2 cm³/mol. The summed E-state index contributed by atoms with van der Waals surface area (Å²) in [6.07, 6.45) is 2.70. The standard InChI is InChI=1S/C16H23BrN2S/c1-12-10-19(6-7-20-12)11-14-3-2-13(8-16(14)17)9-18-15-4-5-15/h2-3,8,12,15,18H,4-7,9-11H2,1H3. The molecule has 0 bridgehead atoms. The molecule has 1 heterocycles. The zero-order valence-corrected chi connectivity index (χ0v) is 14.5. The minimum absolute atomic E-state index is 0.768. The van der Waals surface area contributed by atoms with Crippen LogP contribution in [0.15, 0.2) is 22.7 Å². The predicted octanol–water partition coefficient (Wildman–Crippen LogP) is 3.64. The van der Waals surface area contributed by atoms with Crippen LogP contribution >= 0.6 is 27.7 Å². The van der Waals surface area contributed by atoms with E-state index < -0.39 is 0 Å². The summed E-state index contributed by atoms with van der Waals surface area (Å²) in [4.78, 5) is 2.57. The fourth-order valence-electron chi connectivity index (χ4n) is 2.65. The molecule has 2 nitrogen and oxygen atoms in total. The molecule has 1 saturated carbocycles. The molecule has 1 atom stereocenters. The number of hydrogen-bond acceptors (Lipinski definition) is 3. The van der Waals surface area contributed by atoms with Gasteiger partial charge < -0.3 is 5.32 Å². The van der Waals surface area contributed by atoms with Crippen molar-refractivity contribution in [3.63, 3.8) is 0 Å². The third kappa shape index (κ3) is 4.23. The summed E-state index contributed by atoms with van der Waals surface area (Å²) in [6, 6.07) is 7.63. The summed E-state index contributed by atoms with van der Waals surface area (Å²) in [5.74, 6) is 1.27. The summed E-state index contributed by atoms with van der Waals surface area (Å²) in [7, 11) is 0. The molecule has 0 aromatic heterocycles. The molecule has 20 heavy (non-hydrogen) atoms. The van der Waals surface area contributed by atoms with E-state index in [1.54, 1.807) is 0 Å². The second kappa shape index (κ2) is 6.82. The summed E-state index contributed by atoms with van der Waals surface area (Å²) < 4.78 is 1.26. The van der Waals surface area contributed by atoms with Crippen LogP contribution in [0.1, 0.15) is 30.9 Å². The summed E-state index contributed by atoms with van der Waals surface area (Å²) in [5, 5.41) is 4.34. The zero-order chi connectivity index (χ0) is 13.9. The van der Waals surface area contributed by atoms with Gasteiger partial charge >= 0.3 is 0 Å². The van der Waals surface area contributed by atoms with E-state index in [1.165, 1.54) is 47.3 Å². The van der Waals surface area contributed by atoms with Crippen molar-refractivity contribution in [3.8, 4) is 0 Å². The van der Waals surface area contributed by atoms with E-state index >= 15 is 0 Å². The highest BCUT2D eigenvalue weighted by atomic mass is 79.9. The Bertz CT molecular complexity index is 462. The first-order chi connectivity index (χ1) is 9.70. The second-order valence-corrected chi connectivity index (χ2v) is 8.40. The van der Waals surface area contributed by atoms with E-state index in [9.17, 15) is 0 Å². The molecule has 0 spiro atoms. The number of benzene rings is 1. The number of hydrogen-bond donors (Lipinski definition) is 1. The average molecular weight is 355 g/mol. The molecule has 2 aliphatic rings. The summed E-state index contributed by atoms with van der Waals surface area (Å²) >= 11 is 5.84. The monoisotopic (exact) mass is 354 g/mol. The number of rotatable bonds is 5. The topological polar surface area (TPSA) is 15.3 Å². The lowest BCUT2D eigenvalue weighted by Crippen LogP contribution is -2.36. The van der Waals surface area contributed by atoms with Gasteiger partial charge in [0.25, 0.3) is 0 Å². The molecule has 3 rings (SSSR count). The Kier molecular flexibility index (Phi) is 5.08. The van der Waals surface area contributed by atoms with Crippen LogP contribution in [0.25, 0.3) is 0 Å². The smallest absolute Gasteiger partial charge is 0.0245 e. The van der Waals surface area contributed by atoms with Gasteiger partial charge in [0.15, 0.2) is 0 Å². The number of halogens is 1. The highest BCUT2D eigenvalue weighted by Crippen LogP contribution is 2.25. The summed E-state index contributed by atoms with van der Waals surface area (Å²) in [6.45, 7) is 6.83. The van der Waals surface area contributed by atoms with Crippen molar-refractivity contribution in [3.05, 3.63) is 33.8 Å². The van der Waals surface area contributed by atoms with Crippen LogP contribution in [-0.2, 0) is 13.1 Å². The van der Waals surface area contributed by atoms with Gasteiger partial charge in [0.05, 0.1) is 0 Å².